The number of benzene rings is 2. The zero-order valence-electron chi connectivity index (χ0n) is 8.74. The van der Waals surface area contributed by atoms with Gasteiger partial charge in [0.2, 0.25) is 0 Å². The molecule has 0 aromatic heterocycles. The number of aldehydes is 1. The van der Waals surface area contributed by atoms with Gasteiger partial charge in [-0.05, 0) is 29.9 Å². The third-order valence-corrected chi connectivity index (χ3v) is 4.07. The number of carbonyl (C=O) groups is 1. The lowest BCUT2D eigenvalue weighted by atomic mass is 9.92. The average molecular weight is 275 g/mol. The maximum atomic E-state index is 11.2. The van der Waals surface area contributed by atoms with E-state index in [0.29, 0.717) is 0 Å². The van der Waals surface area contributed by atoms with E-state index in [2.05, 4.69) is 34.1 Å². The summed E-state index contributed by atoms with van der Waals surface area (Å²) < 4.78 is 1.08. The summed E-state index contributed by atoms with van der Waals surface area (Å²) in [4.78, 5) is 11.2. The second-order valence-corrected chi connectivity index (χ2v) is 5.27. The summed E-state index contributed by atoms with van der Waals surface area (Å²) in [7, 11) is 0. The molecule has 0 N–H and O–H groups in total. The van der Waals surface area contributed by atoms with Gasteiger partial charge >= 0.3 is 0 Å². The fraction of sp³-hybridized carbons (Fsp3) is 0.214. The van der Waals surface area contributed by atoms with Crippen molar-refractivity contribution in [3.8, 4) is 0 Å². The molecule has 2 heteroatoms. The van der Waals surface area contributed by atoms with Crippen LogP contribution in [0.2, 0.25) is 0 Å². The Hall–Kier alpha value is -1.15. The molecule has 0 aliphatic heterocycles. The van der Waals surface area contributed by atoms with Gasteiger partial charge in [0.25, 0.3) is 0 Å². The second-order valence-electron chi connectivity index (χ2n) is 4.42. The van der Waals surface area contributed by atoms with Gasteiger partial charge in [0.1, 0.15) is 6.29 Å². The van der Waals surface area contributed by atoms with Gasteiger partial charge in [-0.3, -0.25) is 0 Å². The van der Waals surface area contributed by atoms with Crippen LogP contribution in [0.15, 0.2) is 40.9 Å². The van der Waals surface area contributed by atoms with Gasteiger partial charge in [-0.25, -0.2) is 0 Å². The molecular formula is C14H11BrO. The lowest BCUT2D eigenvalue weighted by Gasteiger charge is -2.12. The van der Waals surface area contributed by atoms with E-state index in [4.69, 9.17) is 0 Å². The number of hydrogen-bond acceptors (Lipinski definition) is 1. The summed E-state index contributed by atoms with van der Waals surface area (Å²) >= 11 is 3.58. The summed E-state index contributed by atoms with van der Waals surface area (Å²) in [5.41, 5.74) is 0.969. The van der Waals surface area contributed by atoms with E-state index in [1.807, 2.05) is 18.2 Å². The predicted molar refractivity (Wildman–Crippen MR) is 68.6 cm³/mol. The molecule has 1 fully saturated rings. The van der Waals surface area contributed by atoms with Gasteiger partial charge in [0.15, 0.2) is 0 Å². The Bertz CT molecular complexity index is 565. The maximum Gasteiger partial charge on any atom is 0.130 e. The highest BCUT2D eigenvalue weighted by Crippen LogP contribution is 2.49. The second kappa shape index (κ2) is 3.42. The van der Waals surface area contributed by atoms with Crippen molar-refractivity contribution < 1.29 is 4.79 Å². The molecule has 1 nitrogen and oxygen atoms in total. The molecule has 0 atom stereocenters. The average Bonchev–Trinajstić information content (AvgIpc) is 3.10. The molecule has 0 saturated heterocycles. The fourth-order valence-corrected chi connectivity index (χ4v) is 2.89. The third kappa shape index (κ3) is 1.33. The Labute approximate surface area is 103 Å². The molecular weight excluding hydrogens is 264 g/mol. The van der Waals surface area contributed by atoms with Crippen LogP contribution in [0.4, 0.5) is 0 Å². The Morgan fingerprint density at radius 3 is 2.44 bits per heavy atom. The van der Waals surface area contributed by atoms with Crippen molar-refractivity contribution in [2.45, 2.75) is 18.3 Å². The van der Waals surface area contributed by atoms with Crippen molar-refractivity contribution >= 4 is 33.0 Å². The van der Waals surface area contributed by atoms with Crippen molar-refractivity contribution in [3.05, 3.63) is 46.4 Å². The Balaban J connectivity index is 2.37. The summed E-state index contributed by atoms with van der Waals surface area (Å²) in [6.07, 6.45) is 3.08. The maximum absolute atomic E-state index is 11.2. The van der Waals surface area contributed by atoms with E-state index in [-0.39, 0.29) is 5.41 Å². The van der Waals surface area contributed by atoms with Crippen LogP contribution >= 0.6 is 15.9 Å². The number of rotatable bonds is 2. The Morgan fingerprint density at radius 1 is 1.12 bits per heavy atom. The van der Waals surface area contributed by atoms with Gasteiger partial charge < -0.3 is 4.79 Å². The van der Waals surface area contributed by atoms with E-state index < -0.39 is 0 Å². The molecule has 0 unspecified atom stereocenters. The molecule has 16 heavy (non-hydrogen) atoms. The smallest absolute Gasteiger partial charge is 0.130 e. The van der Waals surface area contributed by atoms with E-state index in [9.17, 15) is 4.79 Å². The van der Waals surface area contributed by atoms with Crippen molar-refractivity contribution in [1.29, 1.82) is 0 Å². The summed E-state index contributed by atoms with van der Waals surface area (Å²) in [6, 6.07) is 12.3. The highest BCUT2D eigenvalue weighted by Gasteiger charge is 2.45. The Morgan fingerprint density at radius 2 is 1.81 bits per heavy atom. The first-order chi connectivity index (χ1) is 7.77. The molecule has 3 rings (SSSR count). The standard InChI is InChI=1S/C14H11BrO/c15-12-6-2-4-10-3-1-5-11(13(10)12)14(9-16)7-8-14/h1-6,9H,7-8H2. The van der Waals surface area contributed by atoms with E-state index in [1.54, 1.807) is 0 Å². The lowest BCUT2D eigenvalue weighted by molar-refractivity contribution is -0.109. The van der Waals surface area contributed by atoms with Crippen molar-refractivity contribution in [3.63, 3.8) is 0 Å². The number of hydrogen-bond donors (Lipinski definition) is 0. The molecule has 0 amide bonds. The van der Waals surface area contributed by atoms with Crippen LogP contribution in [-0.2, 0) is 10.2 Å². The fourth-order valence-electron chi connectivity index (χ4n) is 2.30. The van der Waals surface area contributed by atoms with Crippen LogP contribution in [0.5, 0.6) is 0 Å². The first-order valence-electron chi connectivity index (χ1n) is 5.41. The zero-order valence-corrected chi connectivity index (χ0v) is 10.3. The quantitative estimate of drug-likeness (QED) is 0.761. The van der Waals surface area contributed by atoms with Gasteiger partial charge in [-0.2, -0.15) is 0 Å². The van der Waals surface area contributed by atoms with Crippen molar-refractivity contribution in [2.75, 3.05) is 0 Å². The van der Waals surface area contributed by atoms with Crippen LogP contribution < -0.4 is 0 Å². The van der Waals surface area contributed by atoms with Gasteiger partial charge in [-0.15, -0.1) is 0 Å². The van der Waals surface area contributed by atoms with E-state index in [0.717, 1.165) is 23.6 Å². The highest BCUT2D eigenvalue weighted by molar-refractivity contribution is 9.10. The predicted octanol–water partition coefficient (Wildman–Crippen LogP) is 3.83. The minimum atomic E-state index is -0.205. The molecule has 0 spiro atoms. The molecule has 1 saturated carbocycles. The molecule has 80 valence electrons. The minimum Gasteiger partial charge on any atom is -0.302 e. The van der Waals surface area contributed by atoms with Crippen molar-refractivity contribution in [2.24, 2.45) is 0 Å². The van der Waals surface area contributed by atoms with Crippen LogP contribution in [0.3, 0.4) is 0 Å². The zero-order chi connectivity index (χ0) is 11.2. The molecule has 1 aliphatic carbocycles. The van der Waals surface area contributed by atoms with Gasteiger partial charge in [0.05, 0.1) is 5.41 Å². The molecule has 1 aliphatic rings. The lowest BCUT2D eigenvalue weighted by Crippen LogP contribution is -2.08. The normalized spacial score (nSPS) is 17.3. The van der Waals surface area contributed by atoms with Gasteiger partial charge in [-0.1, -0.05) is 46.3 Å². The van der Waals surface area contributed by atoms with E-state index >= 15 is 0 Å². The van der Waals surface area contributed by atoms with Crippen LogP contribution in [0, 0.1) is 0 Å². The number of carbonyl (C=O) groups excluding carboxylic acids is 1. The van der Waals surface area contributed by atoms with Crippen LogP contribution in [0.25, 0.3) is 10.8 Å². The van der Waals surface area contributed by atoms with E-state index in [1.165, 1.54) is 16.3 Å². The van der Waals surface area contributed by atoms with Crippen molar-refractivity contribution in [1.82, 2.24) is 0 Å². The topological polar surface area (TPSA) is 17.1 Å². The monoisotopic (exact) mass is 274 g/mol. The first kappa shape index (κ1) is 10.0. The van der Waals surface area contributed by atoms with Gasteiger partial charge in [0, 0.05) is 9.86 Å². The largest absolute Gasteiger partial charge is 0.302 e. The highest BCUT2D eigenvalue weighted by atomic mass is 79.9. The Kier molecular flexibility index (Phi) is 2.15. The van der Waals surface area contributed by atoms with Crippen LogP contribution in [0.1, 0.15) is 18.4 Å². The molecule has 0 radical (unpaired) electrons. The number of halogens is 1. The SMILES string of the molecule is O=CC1(c2cccc3cccc(Br)c23)CC1. The summed E-state index contributed by atoms with van der Waals surface area (Å²) in [5, 5.41) is 2.38. The summed E-state index contributed by atoms with van der Waals surface area (Å²) in [5.74, 6) is 0. The minimum absolute atomic E-state index is 0.205. The molecule has 2 aromatic rings. The molecule has 0 bridgehead atoms. The molecule has 2 aromatic carbocycles. The van der Waals surface area contributed by atoms with Crippen LogP contribution in [-0.4, -0.2) is 6.29 Å². The molecule has 0 heterocycles. The first-order valence-corrected chi connectivity index (χ1v) is 6.20. The summed E-state index contributed by atoms with van der Waals surface area (Å²) in [6.45, 7) is 0. The number of fused-ring (bicyclic) bond motifs is 1. The third-order valence-electron chi connectivity index (χ3n) is 3.40.